The third-order valence-corrected chi connectivity index (χ3v) is 14.5. The molecule has 6 nitrogen and oxygen atoms in total. The summed E-state index contributed by atoms with van der Waals surface area (Å²) in [6, 6.07) is 0. The standard InChI is InChI=1S/C69H124O6/c1-4-7-10-13-16-19-21-23-25-27-28-29-30-31-32-33-34-35-36-37-38-39-40-41-42-43-45-46-48-50-53-56-59-62-68(71)74-65-66(64-73-67(70)61-58-55-52-18-15-12-9-6-3)75-69(72)63-60-57-54-51-49-47-44-26-24-22-20-17-14-11-8-5-2/h20-23,26-28,30-31,44,66H,4-19,24-25,29,32-43,45-65H2,1-3H3/b22-20-,23-21-,28-27-,31-30-,44-26-. The summed E-state index contributed by atoms with van der Waals surface area (Å²) >= 11 is 0. The molecular weight excluding hydrogens is 925 g/mol. The highest BCUT2D eigenvalue weighted by molar-refractivity contribution is 5.71. The second-order valence-electron chi connectivity index (χ2n) is 22.0. The van der Waals surface area contributed by atoms with Gasteiger partial charge in [0.1, 0.15) is 13.2 Å². The van der Waals surface area contributed by atoms with Crippen LogP contribution < -0.4 is 0 Å². The van der Waals surface area contributed by atoms with E-state index in [1.54, 1.807) is 0 Å². The van der Waals surface area contributed by atoms with Crippen molar-refractivity contribution < 1.29 is 28.6 Å². The van der Waals surface area contributed by atoms with Gasteiger partial charge in [0.2, 0.25) is 0 Å². The highest BCUT2D eigenvalue weighted by Crippen LogP contribution is 2.17. The first kappa shape index (κ1) is 72.1. The highest BCUT2D eigenvalue weighted by atomic mass is 16.6. The number of esters is 3. The number of carbonyl (C=O) groups excluding carboxylic acids is 3. The summed E-state index contributed by atoms with van der Waals surface area (Å²) in [4.78, 5) is 38.1. The minimum atomic E-state index is -0.777. The van der Waals surface area contributed by atoms with Crippen LogP contribution in [0.2, 0.25) is 0 Å². The van der Waals surface area contributed by atoms with Crippen molar-refractivity contribution in [3.8, 4) is 0 Å². The SMILES string of the molecule is CCCCCC/C=C\C/C=C\CCCCCCCC(=O)OC(COC(=O)CCCCCCCCCC)COC(=O)CCCCCCCCCCCCCCCCCCCC/C=C\C/C=C\C/C=C\CCCCCCC. The van der Waals surface area contributed by atoms with E-state index in [4.69, 9.17) is 14.2 Å². The predicted octanol–water partition coefficient (Wildman–Crippen LogP) is 22.3. The number of hydrogen-bond acceptors (Lipinski definition) is 6. The van der Waals surface area contributed by atoms with Crippen molar-refractivity contribution in [3.63, 3.8) is 0 Å². The Morgan fingerprint density at radius 3 is 0.760 bits per heavy atom. The maximum atomic E-state index is 12.8. The normalized spacial score (nSPS) is 12.4. The topological polar surface area (TPSA) is 78.9 Å². The Bertz CT molecular complexity index is 1340. The van der Waals surface area contributed by atoms with E-state index >= 15 is 0 Å². The highest BCUT2D eigenvalue weighted by Gasteiger charge is 2.19. The number of ether oxygens (including phenoxy) is 3. The van der Waals surface area contributed by atoms with Crippen LogP contribution in [0.4, 0.5) is 0 Å². The molecule has 0 saturated heterocycles. The van der Waals surface area contributed by atoms with E-state index in [0.29, 0.717) is 19.3 Å². The maximum absolute atomic E-state index is 12.8. The zero-order valence-corrected chi connectivity index (χ0v) is 50.1. The average Bonchev–Trinajstić information content (AvgIpc) is 3.41. The van der Waals surface area contributed by atoms with Crippen LogP contribution in [0, 0.1) is 0 Å². The Balaban J connectivity index is 4.03. The second kappa shape index (κ2) is 63.6. The molecule has 0 N–H and O–H groups in total. The third kappa shape index (κ3) is 61.8. The maximum Gasteiger partial charge on any atom is 0.306 e. The molecule has 0 aromatic carbocycles. The first-order valence-electron chi connectivity index (χ1n) is 32.8. The van der Waals surface area contributed by atoms with Gasteiger partial charge in [0.15, 0.2) is 6.10 Å². The minimum Gasteiger partial charge on any atom is -0.462 e. The molecule has 0 aliphatic rings. The molecule has 0 radical (unpaired) electrons. The molecule has 6 heteroatoms. The Labute approximate surface area is 466 Å². The predicted molar refractivity (Wildman–Crippen MR) is 325 cm³/mol. The van der Waals surface area contributed by atoms with Gasteiger partial charge in [-0.2, -0.15) is 0 Å². The van der Waals surface area contributed by atoms with Gasteiger partial charge < -0.3 is 14.2 Å². The molecule has 1 unspecified atom stereocenters. The quantitative estimate of drug-likeness (QED) is 0.0261. The fraction of sp³-hybridized carbons (Fsp3) is 0.812. The first-order chi connectivity index (χ1) is 37.0. The zero-order valence-electron chi connectivity index (χ0n) is 50.1. The minimum absolute atomic E-state index is 0.0760. The van der Waals surface area contributed by atoms with Gasteiger partial charge in [-0.05, 0) is 89.9 Å². The Hall–Kier alpha value is -2.89. The Kier molecular flexibility index (Phi) is 61.2. The largest absolute Gasteiger partial charge is 0.462 e. The van der Waals surface area contributed by atoms with E-state index in [9.17, 15) is 14.4 Å². The lowest BCUT2D eigenvalue weighted by Crippen LogP contribution is -2.30. The van der Waals surface area contributed by atoms with Crippen LogP contribution in [0.25, 0.3) is 0 Å². The Morgan fingerprint density at radius 2 is 0.480 bits per heavy atom. The third-order valence-electron chi connectivity index (χ3n) is 14.5. The molecule has 0 heterocycles. The number of hydrogen-bond donors (Lipinski definition) is 0. The summed E-state index contributed by atoms with van der Waals surface area (Å²) in [6.45, 7) is 6.60. The number of allylic oxidation sites excluding steroid dienone is 10. The lowest BCUT2D eigenvalue weighted by Gasteiger charge is -2.18. The first-order valence-corrected chi connectivity index (χ1v) is 32.8. The van der Waals surface area contributed by atoms with Crippen molar-refractivity contribution in [3.05, 3.63) is 60.8 Å². The fourth-order valence-electron chi connectivity index (χ4n) is 9.54. The van der Waals surface area contributed by atoms with Crippen LogP contribution >= 0.6 is 0 Å². The molecule has 0 saturated carbocycles. The molecule has 0 fully saturated rings. The molecule has 0 aliphatic heterocycles. The molecule has 0 aromatic heterocycles. The van der Waals surface area contributed by atoms with Crippen molar-refractivity contribution in [2.45, 2.75) is 348 Å². The summed E-state index contributed by atoms with van der Waals surface area (Å²) in [6.07, 6.45) is 81.2. The average molecular weight is 1050 g/mol. The van der Waals surface area contributed by atoms with E-state index in [1.165, 1.54) is 205 Å². The van der Waals surface area contributed by atoms with Crippen LogP contribution in [0.5, 0.6) is 0 Å². The van der Waals surface area contributed by atoms with E-state index in [2.05, 4.69) is 81.5 Å². The van der Waals surface area contributed by atoms with Gasteiger partial charge in [0, 0.05) is 19.3 Å². The van der Waals surface area contributed by atoms with Crippen LogP contribution in [0.1, 0.15) is 342 Å². The lowest BCUT2D eigenvalue weighted by atomic mass is 10.0. The van der Waals surface area contributed by atoms with Crippen LogP contribution in [-0.4, -0.2) is 37.2 Å². The molecule has 0 aliphatic carbocycles. The molecule has 436 valence electrons. The fourth-order valence-corrected chi connectivity index (χ4v) is 9.54. The molecule has 0 rings (SSSR count). The van der Waals surface area contributed by atoms with Crippen molar-refractivity contribution in [2.75, 3.05) is 13.2 Å². The number of unbranched alkanes of at least 4 members (excludes halogenated alkanes) is 39. The monoisotopic (exact) mass is 1050 g/mol. The molecule has 0 bridgehead atoms. The summed E-state index contributed by atoms with van der Waals surface area (Å²) in [5.41, 5.74) is 0. The molecule has 0 aromatic rings. The molecular formula is C69H124O6. The van der Waals surface area contributed by atoms with Gasteiger partial charge in [-0.3, -0.25) is 14.4 Å². The molecule has 1 atom stereocenters. The lowest BCUT2D eigenvalue weighted by molar-refractivity contribution is -0.167. The summed E-state index contributed by atoms with van der Waals surface area (Å²) in [5.74, 6) is -0.879. The summed E-state index contributed by atoms with van der Waals surface area (Å²) in [5, 5.41) is 0. The van der Waals surface area contributed by atoms with Gasteiger partial charge in [0.25, 0.3) is 0 Å². The van der Waals surface area contributed by atoms with Crippen molar-refractivity contribution >= 4 is 17.9 Å². The van der Waals surface area contributed by atoms with Gasteiger partial charge in [-0.25, -0.2) is 0 Å². The van der Waals surface area contributed by atoms with E-state index < -0.39 is 6.10 Å². The van der Waals surface area contributed by atoms with Gasteiger partial charge >= 0.3 is 17.9 Å². The van der Waals surface area contributed by atoms with Crippen LogP contribution in [-0.2, 0) is 28.6 Å². The van der Waals surface area contributed by atoms with Crippen molar-refractivity contribution in [1.82, 2.24) is 0 Å². The van der Waals surface area contributed by atoms with Gasteiger partial charge in [-0.15, -0.1) is 0 Å². The summed E-state index contributed by atoms with van der Waals surface area (Å²) < 4.78 is 16.8. The van der Waals surface area contributed by atoms with Crippen molar-refractivity contribution in [1.29, 1.82) is 0 Å². The number of rotatable bonds is 60. The van der Waals surface area contributed by atoms with Crippen LogP contribution in [0.3, 0.4) is 0 Å². The molecule has 0 amide bonds. The second-order valence-corrected chi connectivity index (χ2v) is 22.0. The summed E-state index contributed by atoms with van der Waals surface area (Å²) in [7, 11) is 0. The molecule has 75 heavy (non-hydrogen) atoms. The smallest absolute Gasteiger partial charge is 0.306 e. The zero-order chi connectivity index (χ0) is 54.3. The van der Waals surface area contributed by atoms with E-state index in [1.807, 2.05) is 0 Å². The van der Waals surface area contributed by atoms with E-state index in [-0.39, 0.29) is 31.1 Å². The van der Waals surface area contributed by atoms with Gasteiger partial charge in [-0.1, -0.05) is 293 Å². The van der Waals surface area contributed by atoms with Crippen molar-refractivity contribution in [2.24, 2.45) is 0 Å². The Morgan fingerprint density at radius 1 is 0.267 bits per heavy atom. The van der Waals surface area contributed by atoms with Gasteiger partial charge in [0.05, 0.1) is 0 Å². The number of carbonyl (C=O) groups is 3. The van der Waals surface area contributed by atoms with E-state index in [0.717, 1.165) is 96.3 Å². The van der Waals surface area contributed by atoms with Crippen LogP contribution in [0.15, 0.2) is 60.8 Å². The molecule has 0 spiro atoms.